The maximum Gasteiger partial charge on any atom is 0.252 e. The van der Waals surface area contributed by atoms with Crippen molar-refractivity contribution >= 4 is 34.8 Å². The quantitative estimate of drug-likeness (QED) is 0.348. The summed E-state index contributed by atoms with van der Waals surface area (Å²) in [6.45, 7) is 0. The molecule has 6 rings (SSSR count). The van der Waals surface area contributed by atoms with E-state index < -0.39 is 0 Å². The van der Waals surface area contributed by atoms with Gasteiger partial charge in [-0.05, 0) is 72.9 Å². The summed E-state index contributed by atoms with van der Waals surface area (Å²) >= 11 is 1.37. The van der Waals surface area contributed by atoms with Crippen LogP contribution in [0.2, 0.25) is 0 Å². The molecule has 1 aliphatic carbocycles. The zero-order valence-corrected chi connectivity index (χ0v) is 19.9. The molecule has 8 nitrogen and oxygen atoms in total. The van der Waals surface area contributed by atoms with E-state index in [-0.39, 0.29) is 17.7 Å². The van der Waals surface area contributed by atoms with Crippen LogP contribution >= 0.6 is 11.8 Å². The van der Waals surface area contributed by atoms with E-state index in [0.29, 0.717) is 5.16 Å². The minimum atomic E-state index is -0.284. The molecule has 0 unspecified atom stereocenters. The number of nitrogens with one attached hydrogen (secondary N) is 2. The molecule has 35 heavy (non-hydrogen) atoms. The molecule has 0 fully saturated rings. The van der Waals surface area contributed by atoms with Gasteiger partial charge in [0.05, 0.1) is 42.1 Å². The van der Waals surface area contributed by atoms with Crippen LogP contribution in [0, 0.1) is 0 Å². The van der Waals surface area contributed by atoms with Crippen molar-refractivity contribution in [3.63, 3.8) is 0 Å². The van der Waals surface area contributed by atoms with Crippen molar-refractivity contribution in [1.82, 2.24) is 20.4 Å². The van der Waals surface area contributed by atoms with Crippen LogP contribution in [0.5, 0.6) is 5.75 Å². The van der Waals surface area contributed by atoms with Gasteiger partial charge in [0.2, 0.25) is 0 Å². The number of furan rings is 2. The van der Waals surface area contributed by atoms with Crippen LogP contribution in [0.25, 0.3) is 17.1 Å². The molecule has 0 saturated heterocycles. The number of benzene rings is 1. The molecule has 1 aliphatic heterocycles. The maximum absolute atomic E-state index is 13.5. The van der Waals surface area contributed by atoms with Gasteiger partial charge in [-0.3, -0.25) is 10.2 Å². The zero-order chi connectivity index (χ0) is 23.8. The molecule has 1 atom stereocenters. The Bertz CT molecular complexity index is 1420. The van der Waals surface area contributed by atoms with Crippen LogP contribution in [-0.4, -0.2) is 33.7 Å². The van der Waals surface area contributed by atoms with Gasteiger partial charge in [-0.2, -0.15) is 0 Å². The number of methoxy groups -OCH3 is 1. The summed E-state index contributed by atoms with van der Waals surface area (Å²) in [5.74, 6) is 2.47. The highest BCUT2D eigenvalue weighted by molar-refractivity contribution is 7.99. The molecule has 1 aromatic carbocycles. The van der Waals surface area contributed by atoms with Crippen LogP contribution in [0.3, 0.4) is 0 Å². The fourth-order valence-electron chi connectivity index (χ4n) is 4.69. The Kier molecular flexibility index (Phi) is 5.61. The van der Waals surface area contributed by atoms with Gasteiger partial charge in [0.25, 0.3) is 5.91 Å². The lowest BCUT2D eigenvalue weighted by Crippen LogP contribution is -2.41. The number of fused-ring (bicyclic) bond motifs is 1. The van der Waals surface area contributed by atoms with Gasteiger partial charge >= 0.3 is 0 Å². The number of hydrogen-bond acceptors (Lipinski definition) is 7. The van der Waals surface area contributed by atoms with Gasteiger partial charge in [0, 0.05) is 6.07 Å². The summed E-state index contributed by atoms with van der Waals surface area (Å²) < 4.78 is 16.6. The minimum absolute atomic E-state index is 0.0545. The summed E-state index contributed by atoms with van der Waals surface area (Å²) in [6.07, 6.45) is 8.17. The highest BCUT2D eigenvalue weighted by Crippen LogP contribution is 2.44. The lowest BCUT2D eigenvalue weighted by Gasteiger charge is -2.24. The van der Waals surface area contributed by atoms with E-state index in [1.54, 1.807) is 24.6 Å². The van der Waals surface area contributed by atoms with Crippen LogP contribution in [0.1, 0.15) is 36.8 Å². The Morgan fingerprint density at radius 1 is 1.23 bits per heavy atom. The molecule has 9 heteroatoms. The number of thioether (sulfide) groups is 1. The molecule has 178 valence electrons. The van der Waals surface area contributed by atoms with Crippen LogP contribution in [-0.2, 0) is 4.79 Å². The number of imidazole rings is 1. The third-order valence-corrected chi connectivity index (χ3v) is 7.15. The number of hydrazine groups is 1. The molecule has 2 aliphatic rings. The maximum atomic E-state index is 13.5. The summed E-state index contributed by atoms with van der Waals surface area (Å²) in [6, 6.07) is 13.0. The molecule has 4 aromatic rings. The van der Waals surface area contributed by atoms with Gasteiger partial charge < -0.3 is 18.6 Å². The standard InChI is InChI=1S/C26H24N4O4S/c1-32-17-9-10-20-21(14-17)28-26(27-20)35-15-23(31)30-25(22-8-4-12-34-22)19-7-2-5-16(24(19)29-30)13-18-6-3-11-33-18/h3-4,6,8-14,25,29H,2,5,7,15H2,1H3,(H,27,28)/b16-13+/t25-/m1/s1. The Hall–Kier alpha value is -3.85. The van der Waals surface area contributed by atoms with Crippen LogP contribution in [0.4, 0.5) is 0 Å². The highest BCUT2D eigenvalue weighted by Gasteiger charge is 2.40. The second-order valence-electron chi connectivity index (χ2n) is 8.45. The Labute approximate surface area is 206 Å². The molecular weight excluding hydrogens is 464 g/mol. The third kappa shape index (κ3) is 4.12. The van der Waals surface area contributed by atoms with E-state index >= 15 is 0 Å². The first-order chi connectivity index (χ1) is 17.2. The monoisotopic (exact) mass is 488 g/mol. The number of aromatic amines is 1. The average molecular weight is 489 g/mol. The van der Waals surface area contributed by atoms with E-state index in [4.69, 9.17) is 13.6 Å². The lowest BCUT2D eigenvalue weighted by molar-refractivity contribution is -0.132. The number of carbonyl (C=O) groups excluding carboxylic acids is 1. The van der Waals surface area contributed by atoms with Gasteiger partial charge in [0.1, 0.15) is 23.3 Å². The van der Waals surface area contributed by atoms with Gasteiger partial charge in [-0.1, -0.05) is 11.8 Å². The number of ether oxygens (including phenoxy) is 1. The first-order valence-electron chi connectivity index (χ1n) is 11.5. The van der Waals surface area contributed by atoms with Crippen molar-refractivity contribution in [3.05, 3.63) is 83.4 Å². The number of aromatic nitrogens is 2. The van der Waals surface area contributed by atoms with Crippen molar-refractivity contribution in [2.75, 3.05) is 12.9 Å². The number of nitrogens with zero attached hydrogens (tertiary/aromatic N) is 2. The van der Waals surface area contributed by atoms with E-state index in [2.05, 4.69) is 15.4 Å². The van der Waals surface area contributed by atoms with Crippen molar-refractivity contribution in [1.29, 1.82) is 0 Å². The second-order valence-corrected chi connectivity index (χ2v) is 9.41. The summed E-state index contributed by atoms with van der Waals surface area (Å²) in [4.78, 5) is 21.3. The SMILES string of the molecule is COc1ccc2nc(SCC(=O)N3NC4=C(CCC/C4=C\c4ccco4)[C@@H]3c3ccco3)[nH]c2c1. The number of allylic oxidation sites excluding steroid dienone is 1. The highest BCUT2D eigenvalue weighted by atomic mass is 32.2. The first kappa shape index (κ1) is 21.7. The van der Waals surface area contributed by atoms with Crippen molar-refractivity contribution in [2.45, 2.75) is 30.5 Å². The summed E-state index contributed by atoms with van der Waals surface area (Å²) in [5, 5.41) is 2.38. The molecular formula is C26H24N4O4S. The molecule has 0 radical (unpaired) electrons. The molecule has 1 amide bonds. The molecule has 3 aromatic heterocycles. The lowest BCUT2D eigenvalue weighted by atomic mass is 9.88. The minimum Gasteiger partial charge on any atom is -0.497 e. The molecule has 0 spiro atoms. The second kappa shape index (κ2) is 9.07. The normalized spacial score (nSPS) is 18.8. The Morgan fingerprint density at radius 2 is 2.11 bits per heavy atom. The number of rotatable bonds is 6. The van der Waals surface area contributed by atoms with E-state index in [1.165, 1.54) is 11.8 Å². The number of carbonyl (C=O) groups is 1. The van der Waals surface area contributed by atoms with E-state index in [9.17, 15) is 4.79 Å². The van der Waals surface area contributed by atoms with Crippen LogP contribution < -0.4 is 10.2 Å². The topological polar surface area (TPSA) is 96.5 Å². The molecule has 0 bridgehead atoms. The molecule has 2 N–H and O–H groups in total. The predicted octanol–water partition coefficient (Wildman–Crippen LogP) is 5.46. The van der Waals surface area contributed by atoms with Gasteiger partial charge in [-0.25, -0.2) is 9.99 Å². The van der Waals surface area contributed by atoms with E-state index in [0.717, 1.165) is 64.4 Å². The first-order valence-corrected chi connectivity index (χ1v) is 12.4. The number of H-pyrrole nitrogens is 1. The van der Waals surface area contributed by atoms with Gasteiger partial charge in [0.15, 0.2) is 5.16 Å². The fourth-order valence-corrected chi connectivity index (χ4v) is 5.43. The number of amides is 1. The molecule has 4 heterocycles. The third-order valence-electron chi connectivity index (χ3n) is 6.30. The van der Waals surface area contributed by atoms with Crippen molar-refractivity contribution in [3.8, 4) is 5.75 Å². The van der Waals surface area contributed by atoms with Crippen LogP contribution in [0.15, 0.2) is 85.8 Å². The van der Waals surface area contributed by atoms with Gasteiger partial charge in [-0.15, -0.1) is 0 Å². The van der Waals surface area contributed by atoms with Crippen molar-refractivity contribution in [2.24, 2.45) is 0 Å². The summed E-state index contributed by atoms with van der Waals surface area (Å²) in [7, 11) is 1.63. The van der Waals surface area contributed by atoms with E-state index in [1.807, 2.05) is 48.5 Å². The van der Waals surface area contributed by atoms with Crippen molar-refractivity contribution < 1.29 is 18.4 Å². The fraction of sp³-hybridized carbons (Fsp3) is 0.231. The summed E-state index contributed by atoms with van der Waals surface area (Å²) in [5.41, 5.74) is 8.39. The zero-order valence-electron chi connectivity index (χ0n) is 19.1. The number of hydrogen-bond donors (Lipinski definition) is 2. The predicted molar refractivity (Wildman–Crippen MR) is 132 cm³/mol. The smallest absolute Gasteiger partial charge is 0.252 e. The average Bonchev–Trinajstić information content (AvgIpc) is 3.67. The Morgan fingerprint density at radius 3 is 2.91 bits per heavy atom. The Balaban J connectivity index is 1.25. The molecule has 0 saturated carbocycles. The largest absolute Gasteiger partial charge is 0.497 e.